The van der Waals surface area contributed by atoms with Crippen molar-refractivity contribution in [3.63, 3.8) is 0 Å². The lowest BCUT2D eigenvalue weighted by molar-refractivity contribution is -0.136. The molecule has 12 heteroatoms. The lowest BCUT2D eigenvalue weighted by Gasteiger charge is -2.29. The third-order valence-corrected chi connectivity index (χ3v) is 5.74. The fourth-order valence-corrected chi connectivity index (χ4v) is 4.02. The van der Waals surface area contributed by atoms with Gasteiger partial charge in [-0.2, -0.15) is 17.4 Å². The van der Waals surface area contributed by atoms with Crippen molar-refractivity contribution in [3.05, 3.63) is 59.4 Å². The topological polar surface area (TPSA) is 63.4 Å². The molecule has 35 heavy (non-hydrogen) atoms. The molecule has 0 N–H and O–H groups in total. The predicted molar refractivity (Wildman–Crippen MR) is 130 cm³/mol. The van der Waals surface area contributed by atoms with Gasteiger partial charge >= 0.3 is 6.18 Å². The van der Waals surface area contributed by atoms with Crippen molar-refractivity contribution in [3.8, 4) is 11.5 Å². The Kier molecular flexibility index (Phi) is 9.12. The Morgan fingerprint density at radius 1 is 1.09 bits per heavy atom. The van der Waals surface area contributed by atoms with E-state index in [1.54, 1.807) is 50.1 Å². The summed E-state index contributed by atoms with van der Waals surface area (Å²) in [5.41, 5.74) is -2.70. The third kappa shape index (κ3) is 6.04. The number of rotatable bonds is 7. The summed E-state index contributed by atoms with van der Waals surface area (Å²) < 4.78 is 58.9. The van der Waals surface area contributed by atoms with Gasteiger partial charge in [-0.25, -0.2) is 4.85 Å². The van der Waals surface area contributed by atoms with Gasteiger partial charge in [-0.3, -0.25) is 9.69 Å². The number of ether oxygens (including phenoxy) is 2. The van der Waals surface area contributed by atoms with Gasteiger partial charge in [0.1, 0.15) is 17.0 Å². The van der Waals surface area contributed by atoms with Gasteiger partial charge in [0.05, 0.1) is 25.9 Å². The number of carbonyl (C=O) groups excluding carboxylic acids is 1. The van der Waals surface area contributed by atoms with E-state index >= 15 is 0 Å². The van der Waals surface area contributed by atoms with Crippen LogP contribution in [0.15, 0.2) is 42.5 Å². The first-order chi connectivity index (χ1) is 16.5. The zero-order valence-corrected chi connectivity index (χ0v) is 20.7. The van der Waals surface area contributed by atoms with E-state index in [1.165, 1.54) is 6.07 Å². The molecule has 1 amide bonds. The molecule has 0 unspecified atom stereocenters. The molecule has 0 bridgehead atoms. The van der Waals surface area contributed by atoms with E-state index in [0.717, 1.165) is 17.0 Å². The number of anilines is 1. The number of hydrogen-bond acceptors (Lipinski definition) is 6. The van der Waals surface area contributed by atoms with Gasteiger partial charge in [-0.05, 0) is 68.9 Å². The Balaban J connectivity index is 0.00000210. The number of halogens is 3. The number of alkyl halides is 3. The van der Waals surface area contributed by atoms with Crippen LogP contribution in [0.5, 0.6) is 11.5 Å². The number of hydrogen-bond donors (Lipinski definition) is 0. The number of nitrogens with zero attached hydrogens (tertiary/aromatic N) is 3. The molecular weight excluding hydrogens is 503 g/mol. The summed E-state index contributed by atoms with van der Waals surface area (Å²) in [6, 6.07) is 10.3. The second kappa shape index (κ2) is 11.4. The maximum absolute atomic E-state index is 13.4. The first-order valence-electron chi connectivity index (χ1n) is 10.2. The van der Waals surface area contributed by atoms with Crippen LogP contribution in [0.3, 0.4) is 0 Å². The maximum atomic E-state index is 13.4. The van der Waals surface area contributed by atoms with E-state index in [9.17, 15) is 18.0 Å². The molecule has 2 aromatic rings. The molecular formula is C23H22F3N3O4S2. The first kappa shape index (κ1) is 27.9. The molecule has 0 radical (unpaired) electrons. The molecule has 2 aromatic carbocycles. The summed E-state index contributed by atoms with van der Waals surface area (Å²) in [5, 5.41) is 0.109. The van der Waals surface area contributed by atoms with Gasteiger partial charge in [0.25, 0.3) is 5.91 Å². The summed E-state index contributed by atoms with van der Waals surface area (Å²) >= 11 is 8.31. The van der Waals surface area contributed by atoms with E-state index in [1.807, 2.05) is 0 Å². The zero-order valence-electron chi connectivity index (χ0n) is 19.1. The minimum atomic E-state index is -4.73. The Labute approximate surface area is 211 Å². The van der Waals surface area contributed by atoms with E-state index in [-0.39, 0.29) is 10.8 Å². The normalized spacial score (nSPS) is 14.8. The molecule has 1 fully saturated rings. The SMILES string of the molecule is O=S.[C-]#[N+]c1ccc(N2C(=O)C(C)(C)N(CCCOc3ccc(OC)cc3)C2=S)cc1C(F)(F)F. The van der Waals surface area contributed by atoms with E-state index in [4.69, 9.17) is 32.5 Å². The van der Waals surface area contributed by atoms with Crippen molar-refractivity contribution in [2.75, 3.05) is 25.2 Å². The molecule has 1 aliphatic heterocycles. The van der Waals surface area contributed by atoms with Crippen LogP contribution in [-0.2, 0) is 23.5 Å². The fraction of sp³-hybridized carbons (Fsp3) is 0.348. The Morgan fingerprint density at radius 2 is 1.69 bits per heavy atom. The van der Waals surface area contributed by atoms with Crippen LogP contribution in [-0.4, -0.2) is 45.9 Å². The quantitative estimate of drug-likeness (QED) is 0.283. The molecule has 7 nitrogen and oxygen atoms in total. The van der Waals surface area contributed by atoms with Crippen LogP contribution >= 0.6 is 12.2 Å². The van der Waals surface area contributed by atoms with Crippen molar-refractivity contribution >= 4 is 47.1 Å². The number of carbonyl (C=O) groups is 1. The van der Waals surface area contributed by atoms with Crippen molar-refractivity contribution in [1.82, 2.24) is 4.90 Å². The number of methoxy groups -OCH3 is 1. The monoisotopic (exact) mass is 525 g/mol. The fourth-order valence-electron chi connectivity index (χ4n) is 3.51. The molecule has 0 saturated carbocycles. The van der Waals surface area contributed by atoms with Crippen molar-refractivity contribution in [2.45, 2.75) is 32.0 Å². The number of benzene rings is 2. The molecule has 1 heterocycles. The average Bonchev–Trinajstić information content (AvgIpc) is 3.01. The molecule has 186 valence electrons. The molecule has 0 aromatic heterocycles. The second-order valence-corrected chi connectivity index (χ2v) is 8.19. The van der Waals surface area contributed by atoms with Gasteiger partial charge in [-0.15, -0.1) is 0 Å². The molecule has 3 rings (SSSR count). The van der Waals surface area contributed by atoms with Crippen LogP contribution in [0.2, 0.25) is 0 Å². The molecule has 0 atom stereocenters. The summed E-state index contributed by atoms with van der Waals surface area (Å²) in [6.45, 7) is 11.1. The summed E-state index contributed by atoms with van der Waals surface area (Å²) in [4.78, 5) is 18.8. The van der Waals surface area contributed by atoms with Gasteiger partial charge in [0.15, 0.2) is 23.3 Å². The second-order valence-electron chi connectivity index (χ2n) is 7.82. The summed E-state index contributed by atoms with van der Waals surface area (Å²) in [6.07, 6.45) is -4.20. The molecule has 1 saturated heterocycles. The standard InChI is InChI=1S/C23H22F3N3O3S.OS/c1-22(2)20(30)29(15-6-11-19(27-3)18(14-15)23(24,25)26)21(33)28(22)12-5-13-32-17-9-7-16(31-4)8-10-17;1-2/h6-11,14H,5,12-13H2,1-2,4H3;. The highest BCUT2D eigenvalue weighted by Crippen LogP contribution is 2.40. The van der Waals surface area contributed by atoms with E-state index < -0.39 is 28.9 Å². The minimum Gasteiger partial charge on any atom is -0.497 e. The van der Waals surface area contributed by atoms with Gasteiger partial charge in [-0.1, -0.05) is 6.07 Å². The Hall–Kier alpha value is -3.30. The van der Waals surface area contributed by atoms with Crippen LogP contribution < -0.4 is 14.4 Å². The smallest absolute Gasteiger partial charge is 0.407 e. The van der Waals surface area contributed by atoms with Crippen LogP contribution in [0.1, 0.15) is 25.8 Å². The van der Waals surface area contributed by atoms with E-state index in [0.29, 0.717) is 31.1 Å². The lowest BCUT2D eigenvalue weighted by atomic mass is 10.0. The number of thiocarbonyl (C=S) groups is 1. The highest BCUT2D eigenvalue weighted by Gasteiger charge is 2.49. The van der Waals surface area contributed by atoms with Crippen LogP contribution in [0.4, 0.5) is 24.5 Å². The summed E-state index contributed by atoms with van der Waals surface area (Å²) in [5.74, 6) is 0.937. The van der Waals surface area contributed by atoms with E-state index in [2.05, 4.69) is 17.4 Å². The minimum absolute atomic E-state index is 0.0187. The van der Waals surface area contributed by atoms with Crippen molar-refractivity contribution in [1.29, 1.82) is 0 Å². The van der Waals surface area contributed by atoms with Crippen molar-refractivity contribution < 1.29 is 31.6 Å². The van der Waals surface area contributed by atoms with Crippen molar-refractivity contribution in [2.24, 2.45) is 0 Å². The molecule has 0 spiro atoms. The average molecular weight is 526 g/mol. The largest absolute Gasteiger partial charge is 0.497 e. The first-order valence-corrected chi connectivity index (χ1v) is 10.9. The molecule has 0 aliphatic carbocycles. The number of amides is 1. The van der Waals surface area contributed by atoms with Gasteiger partial charge in [0.2, 0.25) is 0 Å². The Bertz CT molecular complexity index is 1120. The van der Waals surface area contributed by atoms with Gasteiger partial charge < -0.3 is 14.4 Å². The van der Waals surface area contributed by atoms with Crippen LogP contribution in [0.25, 0.3) is 4.85 Å². The lowest BCUT2D eigenvalue weighted by Crippen LogP contribution is -2.44. The van der Waals surface area contributed by atoms with Gasteiger partial charge in [0, 0.05) is 12.2 Å². The highest BCUT2D eigenvalue weighted by molar-refractivity contribution is 7.80. The zero-order chi connectivity index (χ0) is 26.4. The third-order valence-electron chi connectivity index (χ3n) is 5.34. The van der Waals surface area contributed by atoms with Crippen LogP contribution in [0, 0.1) is 6.57 Å². The summed E-state index contributed by atoms with van der Waals surface area (Å²) in [7, 11) is 1.57. The maximum Gasteiger partial charge on any atom is 0.407 e. The predicted octanol–water partition coefficient (Wildman–Crippen LogP) is 5.11. The molecule has 1 aliphatic rings. The highest BCUT2D eigenvalue weighted by atomic mass is 32.1. The Morgan fingerprint density at radius 3 is 2.23 bits per heavy atom.